The van der Waals surface area contributed by atoms with Crippen molar-refractivity contribution in [3.8, 4) is 0 Å². The number of aromatic nitrogens is 2. The lowest BCUT2D eigenvalue weighted by atomic mass is 10.2. The Morgan fingerprint density at radius 2 is 2.18 bits per heavy atom. The summed E-state index contributed by atoms with van der Waals surface area (Å²) < 4.78 is 5.90. The van der Waals surface area contributed by atoms with Gasteiger partial charge in [0.2, 0.25) is 5.89 Å². The number of carbonyl (C=O) groups is 1. The predicted octanol–water partition coefficient (Wildman–Crippen LogP) is 2.99. The number of nitrogens with zero attached hydrogens (tertiary/aromatic N) is 2. The van der Waals surface area contributed by atoms with Crippen LogP contribution in [0.2, 0.25) is 0 Å². The Hall–Kier alpha value is -1.34. The zero-order valence-electron chi connectivity index (χ0n) is 8.68. The van der Waals surface area contributed by atoms with Gasteiger partial charge in [0.15, 0.2) is 0 Å². The van der Waals surface area contributed by atoms with Crippen molar-refractivity contribution in [2.45, 2.75) is 17.0 Å². The van der Waals surface area contributed by atoms with Crippen molar-refractivity contribution >= 4 is 33.7 Å². The molecule has 0 bridgehead atoms. The fourth-order valence-corrected chi connectivity index (χ4v) is 2.63. The SMILES string of the molecule is Cc1nnc(Sc2cc(Br)cc(C(=O)O)c2)o1. The number of benzene rings is 1. The topological polar surface area (TPSA) is 76.2 Å². The first kappa shape index (κ1) is 12.1. The third kappa shape index (κ3) is 3.07. The van der Waals surface area contributed by atoms with Crippen molar-refractivity contribution < 1.29 is 14.3 Å². The van der Waals surface area contributed by atoms with Gasteiger partial charge in [-0.15, -0.1) is 10.2 Å². The van der Waals surface area contributed by atoms with Crippen molar-refractivity contribution in [1.82, 2.24) is 10.2 Å². The first-order valence-electron chi connectivity index (χ1n) is 4.56. The minimum Gasteiger partial charge on any atom is -0.478 e. The number of carboxylic acids is 1. The molecule has 1 aromatic heterocycles. The molecule has 5 nitrogen and oxygen atoms in total. The minimum atomic E-state index is -0.977. The second-order valence-corrected chi connectivity index (χ2v) is 5.11. The molecule has 0 aliphatic rings. The standard InChI is InChI=1S/C10H7BrN2O3S/c1-5-12-13-10(16-5)17-8-3-6(9(14)15)2-7(11)4-8/h2-4H,1H3,(H,14,15). The van der Waals surface area contributed by atoms with Crippen molar-refractivity contribution in [2.24, 2.45) is 0 Å². The van der Waals surface area contributed by atoms with Gasteiger partial charge in [0, 0.05) is 16.3 Å². The van der Waals surface area contributed by atoms with Gasteiger partial charge in [-0.25, -0.2) is 4.79 Å². The van der Waals surface area contributed by atoms with Crippen LogP contribution in [0.3, 0.4) is 0 Å². The number of halogens is 1. The minimum absolute atomic E-state index is 0.207. The number of aromatic carboxylic acids is 1. The van der Waals surface area contributed by atoms with Crippen LogP contribution in [0.15, 0.2) is 37.2 Å². The molecule has 2 rings (SSSR count). The Morgan fingerprint density at radius 1 is 1.41 bits per heavy atom. The first-order chi connectivity index (χ1) is 8.04. The lowest BCUT2D eigenvalue weighted by Crippen LogP contribution is -1.96. The molecule has 0 saturated heterocycles. The van der Waals surface area contributed by atoms with E-state index in [2.05, 4.69) is 26.1 Å². The third-order valence-corrected chi connectivity index (χ3v) is 3.10. The molecule has 17 heavy (non-hydrogen) atoms. The van der Waals surface area contributed by atoms with Gasteiger partial charge in [-0.05, 0) is 30.0 Å². The second kappa shape index (κ2) is 4.89. The van der Waals surface area contributed by atoms with E-state index in [4.69, 9.17) is 9.52 Å². The summed E-state index contributed by atoms with van der Waals surface area (Å²) in [5.41, 5.74) is 0.207. The molecular formula is C10H7BrN2O3S. The van der Waals surface area contributed by atoms with Crippen LogP contribution in [0.4, 0.5) is 0 Å². The van der Waals surface area contributed by atoms with Crippen molar-refractivity contribution in [3.05, 3.63) is 34.1 Å². The van der Waals surface area contributed by atoms with Gasteiger partial charge in [-0.3, -0.25) is 0 Å². The highest BCUT2D eigenvalue weighted by Crippen LogP contribution is 2.29. The van der Waals surface area contributed by atoms with E-state index in [0.29, 0.717) is 15.6 Å². The molecule has 1 N–H and O–H groups in total. The molecule has 0 spiro atoms. The second-order valence-electron chi connectivity index (χ2n) is 3.17. The van der Waals surface area contributed by atoms with Crippen LogP contribution < -0.4 is 0 Å². The fourth-order valence-electron chi connectivity index (χ4n) is 1.17. The van der Waals surface area contributed by atoms with E-state index in [1.807, 2.05) is 0 Å². The van der Waals surface area contributed by atoms with Crippen molar-refractivity contribution in [1.29, 1.82) is 0 Å². The van der Waals surface area contributed by atoms with Gasteiger partial charge >= 0.3 is 5.97 Å². The van der Waals surface area contributed by atoms with Gasteiger partial charge in [0.1, 0.15) is 0 Å². The molecule has 88 valence electrons. The number of aryl methyl sites for hydroxylation is 1. The van der Waals surface area contributed by atoms with Crippen molar-refractivity contribution in [3.63, 3.8) is 0 Å². The number of hydrogen-bond donors (Lipinski definition) is 1. The Balaban J connectivity index is 2.29. The Labute approximate surface area is 109 Å². The molecule has 2 aromatic rings. The number of rotatable bonds is 3. The number of hydrogen-bond acceptors (Lipinski definition) is 5. The van der Waals surface area contributed by atoms with Crippen LogP contribution in [0, 0.1) is 6.92 Å². The summed E-state index contributed by atoms with van der Waals surface area (Å²) in [6.07, 6.45) is 0. The van der Waals surface area contributed by atoms with Gasteiger partial charge in [0.05, 0.1) is 5.56 Å². The normalized spacial score (nSPS) is 10.5. The quantitative estimate of drug-likeness (QED) is 0.938. The molecule has 1 aromatic carbocycles. The average Bonchev–Trinajstić information content (AvgIpc) is 2.63. The summed E-state index contributed by atoms with van der Waals surface area (Å²) in [7, 11) is 0. The van der Waals surface area contributed by atoms with Crippen LogP contribution >= 0.6 is 27.7 Å². The largest absolute Gasteiger partial charge is 0.478 e. The summed E-state index contributed by atoms with van der Waals surface area (Å²) in [5, 5.41) is 16.8. The van der Waals surface area contributed by atoms with Crippen LogP contribution in [0.25, 0.3) is 0 Å². The van der Waals surface area contributed by atoms with E-state index >= 15 is 0 Å². The van der Waals surface area contributed by atoms with Crippen LogP contribution in [0.1, 0.15) is 16.2 Å². The van der Waals surface area contributed by atoms with Crippen LogP contribution in [0.5, 0.6) is 0 Å². The van der Waals surface area contributed by atoms with E-state index in [-0.39, 0.29) is 5.56 Å². The molecule has 0 aliphatic heterocycles. The highest BCUT2D eigenvalue weighted by Gasteiger charge is 2.10. The summed E-state index contributed by atoms with van der Waals surface area (Å²) in [6, 6.07) is 4.87. The molecule has 0 radical (unpaired) electrons. The molecule has 7 heteroatoms. The molecule has 0 saturated carbocycles. The maximum atomic E-state index is 10.9. The monoisotopic (exact) mass is 314 g/mol. The van der Waals surface area contributed by atoms with E-state index < -0.39 is 5.97 Å². The van der Waals surface area contributed by atoms with E-state index in [1.54, 1.807) is 19.1 Å². The van der Waals surface area contributed by atoms with Gasteiger partial charge in [0.25, 0.3) is 5.22 Å². The van der Waals surface area contributed by atoms with Crippen LogP contribution in [-0.2, 0) is 0 Å². The Bertz CT molecular complexity index is 570. The van der Waals surface area contributed by atoms with Gasteiger partial charge in [-0.1, -0.05) is 15.9 Å². The van der Waals surface area contributed by atoms with Gasteiger partial charge in [-0.2, -0.15) is 0 Å². The number of carboxylic acid groups (broad SMARTS) is 1. The van der Waals surface area contributed by atoms with E-state index in [0.717, 1.165) is 4.90 Å². The van der Waals surface area contributed by atoms with Gasteiger partial charge < -0.3 is 9.52 Å². The summed E-state index contributed by atoms with van der Waals surface area (Å²) >= 11 is 4.48. The molecule has 0 unspecified atom stereocenters. The molecule has 0 amide bonds. The summed E-state index contributed by atoms with van der Waals surface area (Å²) in [6.45, 7) is 1.70. The highest BCUT2D eigenvalue weighted by atomic mass is 79.9. The molecule has 0 aliphatic carbocycles. The average molecular weight is 315 g/mol. The molecular weight excluding hydrogens is 308 g/mol. The fraction of sp³-hybridized carbons (Fsp3) is 0.100. The van der Waals surface area contributed by atoms with E-state index in [1.165, 1.54) is 17.8 Å². The maximum absolute atomic E-state index is 10.9. The zero-order valence-corrected chi connectivity index (χ0v) is 11.1. The van der Waals surface area contributed by atoms with Crippen molar-refractivity contribution in [2.75, 3.05) is 0 Å². The van der Waals surface area contributed by atoms with E-state index in [9.17, 15) is 4.79 Å². The molecule has 1 heterocycles. The highest BCUT2D eigenvalue weighted by molar-refractivity contribution is 9.10. The third-order valence-electron chi connectivity index (χ3n) is 1.83. The summed E-state index contributed by atoms with van der Waals surface area (Å²) in [5.74, 6) is -0.504. The molecule has 0 atom stereocenters. The Kier molecular flexibility index (Phi) is 3.49. The van der Waals surface area contributed by atoms with Crippen LogP contribution in [-0.4, -0.2) is 21.3 Å². The predicted molar refractivity (Wildman–Crippen MR) is 64.3 cm³/mol. The lowest BCUT2D eigenvalue weighted by Gasteiger charge is -2.00. The maximum Gasteiger partial charge on any atom is 0.335 e. The molecule has 0 fully saturated rings. The Morgan fingerprint density at radius 3 is 2.76 bits per heavy atom. The first-order valence-corrected chi connectivity index (χ1v) is 6.17. The zero-order chi connectivity index (χ0) is 12.4. The lowest BCUT2D eigenvalue weighted by molar-refractivity contribution is 0.0696. The summed E-state index contributed by atoms with van der Waals surface area (Å²) in [4.78, 5) is 11.6. The smallest absolute Gasteiger partial charge is 0.335 e.